The van der Waals surface area contributed by atoms with Crippen LogP contribution in [0.15, 0.2) is 18.2 Å². The molecule has 8 nitrogen and oxygen atoms in total. The number of fused-ring (bicyclic) bond motifs is 1. The Balaban J connectivity index is 1.41. The summed E-state index contributed by atoms with van der Waals surface area (Å²) in [6.45, 7) is 4.49. The number of β-amino-alcohol motifs (C(OH)–C–C–N with tert-alkyl or cyclic N) is 1. The van der Waals surface area contributed by atoms with Crippen molar-refractivity contribution in [3.63, 3.8) is 0 Å². The normalized spacial score (nSPS) is 18.7. The molecule has 1 unspecified atom stereocenters. The zero-order chi connectivity index (χ0) is 19.9. The summed E-state index contributed by atoms with van der Waals surface area (Å²) >= 11 is 0. The van der Waals surface area contributed by atoms with E-state index in [1.165, 1.54) is 0 Å². The third-order valence-electron chi connectivity index (χ3n) is 5.09. The smallest absolute Gasteiger partial charge is 0.407 e. The van der Waals surface area contributed by atoms with Crippen molar-refractivity contribution in [2.75, 3.05) is 38.2 Å². The zero-order valence-electron chi connectivity index (χ0n) is 16.3. The molecule has 2 aliphatic rings. The summed E-state index contributed by atoms with van der Waals surface area (Å²) in [4.78, 5) is 25.2. The molecule has 154 valence electrons. The Hall–Kier alpha value is -2.32. The van der Waals surface area contributed by atoms with Crippen LogP contribution in [0, 0.1) is 0 Å². The number of amides is 2. The van der Waals surface area contributed by atoms with E-state index in [4.69, 9.17) is 9.47 Å². The van der Waals surface area contributed by atoms with E-state index < -0.39 is 6.10 Å². The third kappa shape index (κ3) is 5.59. The largest absolute Gasteiger partial charge is 0.490 e. The molecule has 0 aromatic heterocycles. The van der Waals surface area contributed by atoms with E-state index in [0.29, 0.717) is 31.7 Å². The first-order valence-corrected chi connectivity index (χ1v) is 9.93. The molecule has 1 saturated heterocycles. The van der Waals surface area contributed by atoms with Gasteiger partial charge in [-0.3, -0.25) is 4.79 Å². The minimum absolute atomic E-state index is 0.0190. The molecule has 1 atom stereocenters. The number of benzene rings is 1. The van der Waals surface area contributed by atoms with Gasteiger partial charge in [0.2, 0.25) is 5.91 Å². The molecule has 2 amide bonds. The number of aliphatic hydroxyl groups is 1. The molecule has 8 heteroatoms. The lowest BCUT2D eigenvalue weighted by Crippen LogP contribution is -2.47. The Bertz CT molecular complexity index is 688. The van der Waals surface area contributed by atoms with Crippen molar-refractivity contribution >= 4 is 17.7 Å². The maximum Gasteiger partial charge on any atom is 0.407 e. The van der Waals surface area contributed by atoms with Gasteiger partial charge in [0, 0.05) is 43.3 Å². The van der Waals surface area contributed by atoms with E-state index in [1.54, 1.807) is 6.92 Å². The topological polar surface area (TPSA) is 100 Å². The molecule has 1 aromatic carbocycles. The van der Waals surface area contributed by atoms with Gasteiger partial charge in [0.05, 0.1) is 6.61 Å². The summed E-state index contributed by atoms with van der Waals surface area (Å²) in [6, 6.07) is 5.70. The molecular formula is C20H29N3O5. The highest BCUT2D eigenvalue weighted by Gasteiger charge is 2.23. The number of nitrogens with zero attached hydrogens (tertiary/aromatic N) is 1. The Morgan fingerprint density at radius 1 is 1.36 bits per heavy atom. The van der Waals surface area contributed by atoms with Crippen molar-refractivity contribution in [3.05, 3.63) is 23.8 Å². The van der Waals surface area contributed by atoms with Gasteiger partial charge in [0.15, 0.2) is 0 Å². The highest BCUT2D eigenvalue weighted by atomic mass is 16.5. The van der Waals surface area contributed by atoms with Crippen LogP contribution in [0.3, 0.4) is 0 Å². The predicted molar refractivity (Wildman–Crippen MR) is 105 cm³/mol. The van der Waals surface area contributed by atoms with Crippen LogP contribution in [0.4, 0.5) is 10.5 Å². The highest BCUT2D eigenvalue weighted by Crippen LogP contribution is 2.31. The maximum absolute atomic E-state index is 11.5. The van der Waals surface area contributed by atoms with Crippen molar-refractivity contribution in [2.24, 2.45) is 0 Å². The van der Waals surface area contributed by atoms with E-state index in [9.17, 15) is 14.7 Å². The molecule has 0 spiro atoms. The number of ether oxygens (including phenoxy) is 2. The molecular weight excluding hydrogens is 362 g/mol. The monoisotopic (exact) mass is 391 g/mol. The second kappa shape index (κ2) is 9.75. The van der Waals surface area contributed by atoms with Gasteiger partial charge < -0.3 is 30.1 Å². The minimum atomic E-state index is -0.608. The number of alkyl carbamates (subject to hydrolysis) is 1. The predicted octanol–water partition coefficient (Wildman–Crippen LogP) is 1.52. The standard InChI is InChI=1S/C20H29N3O5/c1-2-27-20(26)21-14-8-10-23(11-9-14)12-15(24)13-28-18-5-3-4-17-16(18)6-7-19(25)22-17/h3-5,14-15,24H,2,6-13H2,1H3,(H,21,26)(H,22,25). The fourth-order valence-corrected chi connectivity index (χ4v) is 3.66. The van der Waals surface area contributed by atoms with E-state index >= 15 is 0 Å². The quantitative estimate of drug-likeness (QED) is 0.652. The van der Waals surface area contributed by atoms with Gasteiger partial charge in [-0.2, -0.15) is 0 Å². The van der Waals surface area contributed by atoms with Crippen LogP contribution in [-0.2, 0) is 16.0 Å². The molecule has 2 heterocycles. The van der Waals surface area contributed by atoms with Gasteiger partial charge >= 0.3 is 6.09 Å². The lowest BCUT2D eigenvalue weighted by Gasteiger charge is -2.33. The molecule has 2 aliphatic heterocycles. The molecule has 3 rings (SSSR count). The first-order chi connectivity index (χ1) is 13.5. The van der Waals surface area contributed by atoms with Gasteiger partial charge in [-0.25, -0.2) is 4.79 Å². The molecule has 0 saturated carbocycles. The number of aliphatic hydroxyl groups excluding tert-OH is 1. The van der Waals surface area contributed by atoms with E-state index in [0.717, 1.165) is 37.2 Å². The van der Waals surface area contributed by atoms with Crippen LogP contribution in [0.25, 0.3) is 0 Å². The van der Waals surface area contributed by atoms with Crippen molar-refractivity contribution in [2.45, 2.75) is 44.8 Å². The molecule has 0 radical (unpaired) electrons. The summed E-state index contributed by atoms with van der Waals surface area (Å²) in [7, 11) is 0. The van der Waals surface area contributed by atoms with Crippen LogP contribution >= 0.6 is 0 Å². The number of rotatable bonds is 7. The number of likely N-dealkylation sites (tertiary alicyclic amines) is 1. The maximum atomic E-state index is 11.5. The van der Waals surface area contributed by atoms with E-state index in [-0.39, 0.29) is 24.6 Å². The summed E-state index contributed by atoms with van der Waals surface area (Å²) in [5.74, 6) is 0.736. The fraction of sp³-hybridized carbons (Fsp3) is 0.600. The average molecular weight is 391 g/mol. The number of piperidine rings is 1. The third-order valence-corrected chi connectivity index (χ3v) is 5.09. The van der Waals surface area contributed by atoms with Gasteiger partial charge in [-0.05, 0) is 38.3 Å². The van der Waals surface area contributed by atoms with Gasteiger partial charge in [-0.1, -0.05) is 6.07 Å². The number of carbonyl (C=O) groups excluding carboxylic acids is 2. The van der Waals surface area contributed by atoms with E-state index in [2.05, 4.69) is 15.5 Å². The Morgan fingerprint density at radius 3 is 2.89 bits per heavy atom. The molecule has 28 heavy (non-hydrogen) atoms. The second-order valence-corrected chi connectivity index (χ2v) is 7.23. The lowest BCUT2D eigenvalue weighted by atomic mass is 10.0. The molecule has 0 aliphatic carbocycles. The Morgan fingerprint density at radius 2 is 2.14 bits per heavy atom. The van der Waals surface area contributed by atoms with E-state index in [1.807, 2.05) is 18.2 Å². The number of carbonyl (C=O) groups is 2. The van der Waals surface area contributed by atoms with Crippen LogP contribution in [-0.4, -0.2) is 67.0 Å². The average Bonchev–Trinajstić information content (AvgIpc) is 2.67. The molecule has 1 aromatic rings. The zero-order valence-corrected chi connectivity index (χ0v) is 16.3. The summed E-state index contributed by atoms with van der Waals surface area (Å²) in [6.07, 6.45) is 1.79. The van der Waals surface area contributed by atoms with Gasteiger partial charge in [0.25, 0.3) is 0 Å². The first-order valence-electron chi connectivity index (χ1n) is 9.93. The highest BCUT2D eigenvalue weighted by molar-refractivity contribution is 5.94. The van der Waals surface area contributed by atoms with Crippen LogP contribution in [0.1, 0.15) is 31.7 Å². The summed E-state index contributed by atoms with van der Waals surface area (Å²) in [5.41, 5.74) is 1.78. The number of nitrogens with one attached hydrogen (secondary N) is 2. The second-order valence-electron chi connectivity index (χ2n) is 7.23. The van der Waals surface area contributed by atoms with Crippen LogP contribution in [0.2, 0.25) is 0 Å². The summed E-state index contributed by atoms with van der Waals surface area (Å²) < 4.78 is 10.8. The molecule has 1 fully saturated rings. The number of anilines is 1. The first kappa shape index (κ1) is 20.4. The fourth-order valence-electron chi connectivity index (χ4n) is 3.66. The summed E-state index contributed by atoms with van der Waals surface area (Å²) in [5, 5.41) is 16.1. The van der Waals surface area contributed by atoms with Gasteiger partial charge in [0.1, 0.15) is 18.5 Å². The Kier molecular flexibility index (Phi) is 7.11. The SMILES string of the molecule is CCOC(=O)NC1CCN(CC(O)COc2cccc3c2CCC(=O)N3)CC1. The lowest BCUT2D eigenvalue weighted by molar-refractivity contribution is -0.116. The number of hydrogen-bond acceptors (Lipinski definition) is 6. The van der Waals surface area contributed by atoms with Crippen LogP contribution in [0.5, 0.6) is 5.75 Å². The van der Waals surface area contributed by atoms with Crippen molar-refractivity contribution in [1.29, 1.82) is 0 Å². The number of hydrogen-bond donors (Lipinski definition) is 3. The van der Waals surface area contributed by atoms with Crippen molar-refractivity contribution < 1.29 is 24.2 Å². The molecule has 3 N–H and O–H groups in total. The van der Waals surface area contributed by atoms with Crippen molar-refractivity contribution in [1.82, 2.24) is 10.2 Å². The minimum Gasteiger partial charge on any atom is -0.490 e. The van der Waals surface area contributed by atoms with Gasteiger partial charge in [-0.15, -0.1) is 0 Å². The molecule has 0 bridgehead atoms. The Labute approximate surface area is 165 Å². The van der Waals surface area contributed by atoms with Crippen LogP contribution < -0.4 is 15.4 Å². The van der Waals surface area contributed by atoms with Crippen molar-refractivity contribution in [3.8, 4) is 5.75 Å².